The van der Waals surface area contributed by atoms with E-state index in [9.17, 15) is 4.79 Å². The maximum absolute atomic E-state index is 12.3. The van der Waals surface area contributed by atoms with Crippen molar-refractivity contribution in [3.05, 3.63) is 70.7 Å². The molecule has 0 saturated heterocycles. The van der Waals surface area contributed by atoms with Crippen LogP contribution in [0.2, 0.25) is 5.02 Å². The zero-order valence-electron chi connectivity index (χ0n) is 15.3. The fraction of sp³-hybridized carbons (Fsp3) is 0.409. The van der Waals surface area contributed by atoms with Gasteiger partial charge in [0, 0.05) is 36.5 Å². The number of amides is 1. The zero-order chi connectivity index (χ0) is 18.6. The maximum atomic E-state index is 12.3. The fourth-order valence-electron chi connectivity index (χ4n) is 4.17. The van der Waals surface area contributed by atoms with E-state index in [0.717, 1.165) is 30.7 Å². The Balaban J connectivity index is 1.73. The van der Waals surface area contributed by atoms with Gasteiger partial charge in [-0.2, -0.15) is 0 Å². The lowest BCUT2D eigenvalue weighted by molar-refractivity contribution is -0.132. The van der Waals surface area contributed by atoms with Crippen LogP contribution in [-0.2, 0) is 16.8 Å². The summed E-state index contributed by atoms with van der Waals surface area (Å²) in [6.07, 6.45) is 3.90. The molecule has 1 aliphatic rings. The monoisotopic (exact) mass is 370 g/mol. The SMILES string of the molecule is CC(=O)N(Cc1ccccc1)C1CCC(CN)(c2cccc(Cl)c2)CC1. The Bertz CT molecular complexity index is 739. The molecule has 3 nitrogen and oxygen atoms in total. The molecule has 0 spiro atoms. The van der Waals surface area contributed by atoms with Crippen molar-refractivity contribution in [3.8, 4) is 0 Å². The van der Waals surface area contributed by atoms with Crippen LogP contribution in [0.25, 0.3) is 0 Å². The smallest absolute Gasteiger partial charge is 0.219 e. The van der Waals surface area contributed by atoms with Crippen LogP contribution in [0.15, 0.2) is 54.6 Å². The number of halogens is 1. The highest BCUT2D eigenvalue weighted by Gasteiger charge is 2.38. The third-order valence-corrected chi connectivity index (χ3v) is 6.02. The topological polar surface area (TPSA) is 46.3 Å². The third-order valence-electron chi connectivity index (χ3n) is 5.78. The second-order valence-corrected chi connectivity index (χ2v) is 7.79. The summed E-state index contributed by atoms with van der Waals surface area (Å²) >= 11 is 6.20. The van der Waals surface area contributed by atoms with Crippen molar-refractivity contribution in [1.82, 2.24) is 4.90 Å². The first-order valence-corrected chi connectivity index (χ1v) is 9.69. The first-order valence-electron chi connectivity index (χ1n) is 9.31. The highest BCUT2D eigenvalue weighted by molar-refractivity contribution is 6.30. The van der Waals surface area contributed by atoms with Crippen LogP contribution in [0.3, 0.4) is 0 Å². The molecule has 0 unspecified atom stereocenters. The van der Waals surface area contributed by atoms with Crippen molar-refractivity contribution in [2.45, 2.75) is 50.6 Å². The molecule has 2 aromatic carbocycles. The first kappa shape index (κ1) is 18.9. The molecule has 0 aliphatic heterocycles. The molecule has 1 fully saturated rings. The number of hydrogen-bond donors (Lipinski definition) is 1. The summed E-state index contributed by atoms with van der Waals surface area (Å²) in [4.78, 5) is 14.3. The van der Waals surface area contributed by atoms with Crippen molar-refractivity contribution >= 4 is 17.5 Å². The molecule has 0 heterocycles. The summed E-state index contributed by atoms with van der Waals surface area (Å²) < 4.78 is 0. The number of hydrogen-bond acceptors (Lipinski definition) is 2. The van der Waals surface area contributed by atoms with Crippen LogP contribution < -0.4 is 5.73 Å². The minimum absolute atomic E-state index is 0.0311. The van der Waals surface area contributed by atoms with Crippen molar-refractivity contribution in [3.63, 3.8) is 0 Å². The Hall–Kier alpha value is -1.84. The van der Waals surface area contributed by atoms with E-state index in [1.54, 1.807) is 6.92 Å². The normalized spacial score (nSPS) is 22.8. The maximum Gasteiger partial charge on any atom is 0.219 e. The van der Waals surface area contributed by atoms with Crippen LogP contribution in [0.4, 0.5) is 0 Å². The molecule has 3 rings (SSSR count). The van der Waals surface area contributed by atoms with E-state index in [1.165, 1.54) is 11.1 Å². The molecular weight excluding hydrogens is 344 g/mol. The minimum Gasteiger partial charge on any atom is -0.336 e. The lowest BCUT2D eigenvalue weighted by Gasteiger charge is -2.43. The van der Waals surface area contributed by atoms with Gasteiger partial charge in [-0.1, -0.05) is 54.1 Å². The van der Waals surface area contributed by atoms with Crippen LogP contribution in [0.1, 0.15) is 43.7 Å². The van der Waals surface area contributed by atoms with Gasteiger partial charge < -0.3 is 10.6 Å². The Morgan fingerprint density at radius 3 is 2.42 bits per heavy atom. The Morgan fingerprint density at radius 2 is 1.85 bits per heavy atom. The van der Waals surface area contributed by atoms with Gasteiger partial charge in [0.25, 0.3) is 0 Å². The molecule has 0 aromatic heterocycles. The van der Waals surface area contributed by atoms with E-state index in [2.05, 4.69) is 18.2 Å². The van der Waals surface area contributed by atoms with Gasteiger partial charge in [-0.25, -0.2) is 0 Å². The number of nitrogens with zero attached hydrogens (tertiary/aromatic N) is 1. The predicted octanol–water partition coefficient (Wildman–Crippen LogP) is 4.53. The Kier molecular flexibility index (Phi) is 6.00. The average Bonchev–Trinajstić information content (AvgIpc) is 2.67. The van der Waals surface area contributed by atoms with E-state index in [1.807, 2.05) is 41.3 Å². The summed E-state index contributed by atoms with van der Waals surface area (Å²) in [5.74, 6) is 0.141. The first-order chi connectivity index (χ1) is 12.5. The second-order valence-electron chi connectivity index (χ2n) is 7.36. The zero-order valence-corrected chi connectivity index (χ0v) is 16.1. The molecule has 1 amide bonds. The van der Waals surface area contributed by atoms with E-state index < -0.39 is 0 Å². The molecule has 138 valence electrons. The molecule has 2 N–H and O–H groups in total. The van der Waals surface area contributed by atoms with Crippen molar-refractivity contribution < 1.29 is 4.79 Å². The lowest BCUT2D eigenvalue weighted by Crippen LogP contribution is -2.46. The van der Waals surface area contributed by atoms with Gasteiger partial charge in [0.05, 0.1) is 0 Å². The molecule has 0 radical (unpaired) electrons. The van der Waals surface area contributed by atoms with Crippen molar-refractivity contribution in [1.29, 1.82) is 0 Å². The number of carbonyl (C=O) groups excluding carboxylic acids is 1. The number of nitrogens with two attached hydrogens (primary N) is 1. The molecule has 1 aliphatic carbocycles. The molecule has 1 saturated carbocycles. The van der Waals surface area contributed by atoms with Crippen LogP contribution in [-0.4, -0.2) is 23.4 Å². The summed E-state index contributed by atoms with van der Waals surface area (Å²) in [5, 5.41) is 0.756. The van der Waals surface area contributed by atoms with Gasteiger partial charge in [0.2, 0.25) is 5.91 Å². The predicted molar refractivity (Wildman–Crippen MR) is 107 cm³/mol. The van der Waals surface area contributed by atoms with Crippen LogP contribution in [0, 0.1) is 0 Å². The number of rotatable bonds is 5. The Morgan fingerprint density at radius 1 is 1.15 bits per heavy atom. The van der Waals surface area contributed by atoms with Gasteiger partial charge in [-0.05, 0) is 48.9 Å². The van der Waals surface area contributed by atoms with Crippen molar-refractivity contribution in [2.24, 2.45) is 5.73 Å². The Labute approximate surface area is 161 Å². The fourth-order valence-corrected chi connectivity index (χ4v) is 4.36. The van der Waals surface area contributed by atoms with Crippen LogP contribution >= 0.6 is 11.6 Å². The summed E-state index contributed by atoms with van der Waals surface area (Å²) in [6.45, 7) is 2.96. The lowest BCUT2D eigenvalue weighted by atomic mass is 9.68. The molecular formula is C22H27ClN2O. The quantitative estimate of drug-likeness (QED) is 0.840. The summed E-state index contributed by atoms with van der Waals surface area (Å²) in [5.41, 5.74) is 8.57. The van der Waals surface area contributed by atoms with Crippen LogP contribution in [0.5, 0.6) is 0 Å². The van der Waals surface area contributed by atoms with E-state index in [-0.39, 0.29) is 17.4 Å². The van der Waals surface area contributed by atoms with Gasteiger partial charge in [-0.3, -0.25) is 4.79 Å². The molecule has 0 bridgehead atoms. The van der Waals surface area contributed by atoms with Crippen molar-refractivity contribution in [2.75, 3.05) is 6.54 Å². The molecule has 4 heteroatoms. The number of carbonyl (C=O) groups is 1. The van der Waals surface area contributed by atoms with Gasteiger partial charge in [0.1, 0.15) is 0 Å². The van der Waals surface area contributed by atoms with E-state index in [0.29, 0.717) is 13.1 Å². The largest absolute Gasteiger partial charge is 0.336 e. The highest BCUT2D eigenvalue weighted by Crippen LogP contribution is 2.41. The van der Waals surface area contributed by atoms with E-state index >= 15 is 0 Å². The molecule has 26 heavy (non-hydrogen) atoms. The average molecular weight is 371 g/mol. The van der Waals surface area contributed by atoms with E-state index in [4.69, 9.17) is 17.3 Å². The number of benzene rings is 2. The molecule has 2 aromatic rings. The highest BCUT2D eigenvalue weighted by atomic mass is 35.5. The van der Waals surface area contributed by atoms with Gasteiger partial charge >= 0.3 is 0 Å². The standard InChI is InChI=1S/C22H27ClN2O/c1-17(26)25(15-18-6-3-2-4-7-18)21-10-12-22(16-24,13-11-21)19-8-5-9-20(23)14-19/h2-9,14,21H,10-13,15-16,24H2,1H3. The summed E-state index contributed by atoms with van der Waals surface area (Å²) in [6, 6.07) is 18.5. The third kappa shape index (κ3) is 4.11. The minimum atomic E-state index is -0.0311. The molecule has 0 atom stereocenters. The summed E-state index contributed by atoms with van der Waals surface area (Å²) in [7, 11) is 0. The second kappa shape index (κ2) is 8.24. The van der Waals surface area contributed by atoms with Gasteiger partial charge in [0.15, 0.2) is 0 Å². The van der Waals surface area contributed by atoms with Gasteiger partial charge in [-0.15, -0.1) is 0 Å².